The molecule has 0 spiro atoms. The summed E-state index contributed by atoms with van der Waals surface area (Å²) >= 11 is 0. The number of rotatable bonds is 4. The summed E-state index contributed by atoms with van der Waals surface area (Å²) in [7, 11) is 0. The van der Waals surface area contributed by atoms with Gasteiger partial charge in [0.1, 0.15) is 5.56 Å². The van der Waals surface area contributed by atoms with Crippen molar-refractivity contribution >= 4 is 12.0 Å². The summed E-state index contributed by atoms with van der Waals surface area (Å²) in [5.41, 5.74) is -0.778. The van der Waals surface area contributed by atoms with Crippen LogP contribution in [0.5, 0.6) is 11.5 Å². The van der Waals surface area contributed by atoms with E-state index in [0.717, 1.165) is 10.8 Å². The maximum absolute atomic E-state index is 12.9. The smallest absolute Gasteiger partial charge is 0.409 e. The Labute approximate surface area is 176 Å². The lowest BCUT2D eigenvalue weighted by molar-refractivity contribution is 0.0568. The maximum Gasteiger partial charge on any atom is 0.409 e. The van der Waals surface area contributed by atoms with Crippen molar-refractivity contribution in [2.24, 2.45) is 0 Å². The monoisotopic (exact) mass is 430 g/mol. The maximum atomic E-state index is 12.9. The zero-order valence-electron chi connectivity index (χ0n) is 17.0. The molecule has 164 valence electrons. The second kappa shape index (κ2) is 8.54. The third kappa shape index (κ3) is 4.11. The number of piperazine rings is 1. The highest BCUT2D eigenvalue weighted by molar-refractivity contribution is 5.93. The molecule has 31 heavy (non-hydrogen) atoms. The van der Waals surface area contributed by atoms with E-state index in [2.05, 4.69) is 4.98 Å². The Morgan fingerprint density at radius 3 is 2.52 bits per heavy atom. The van der Waals surface area contributed by atoms with Crippen molar-refractivity contribution < 1.29 is 23.8 Å². The molecule has 2 aliphatic heterocycles. The molecule has 11 heteroatoms. The first-order valence-electron chi connectivity index (χ1n) is 9.90. The molecule has 0 radical (unpaired) electrons. The van der Waals surface area contributed by atoms with Gasteiger partial charge in [-0.15, -0.1) is 0 Å². The van der Waals surface area contributed by atoms with Crippen molar-refractivity contribution in [1.82, 2.24) is 19.4 Å². The number of fused-ring (bicyclic) bond motifs is 1. The first-order chi connectivity index (χ1) is 15.0. The Morgan fingerprint density at radius 1 is 1.06 bits per heavy atom. The molecule has 2 aliphatic rings. The van der Waals surface area contributed by atoms with E-state index in [-0.39, 0.29) is 38.6 Å². The molecular weight excluding hydrogens is 408 g/mol. The fraction of sp³-hybridized carbons (Fsp3) is 0.400. The van der Waals surface area contributed by atoms with Crippen LogP contribution in [0.4, 0.5) is 4.79 Å². The first kappa shape index (κ1) is 20.5. The number of carbonyl (C=O) groups excluding carboxylic acids is 2. The summed E-state index contributed by atoms with van der Waals surface area (Å²) < 4.78 is 16.5. The number of hydrogen-bond acceptors (Lipinski definition) is 7. The van der Waals surface area contributed by atoms with Crippen molar-refractivity contribution in [3.8, 4) is 11.5 Å². The summed E-state index contributed by atoms with van der Waals surface area (Å²) in [6.45, 7) is 3.23. The van der Waals surface area contributed by atoms with Crippen LogP contribution in [0.1, 0.15) is 22.8 Å². The van der Waals surface area contributed by atoms with E-state index in [1.807, 2.05) is 0 Å². The Morgan fingerprint density at radius 2 is 1.77 bits per heavy atom. The van der Waals surface area contributed by atoms with Crippen LogP contribution in [0.3, 0.4) is 0 Å². The van der Waals surface area contributed by atoms with Gasteiger partial charge in [-0.25, -0.2) is 9.59 Å². The summed E-state index contributed by atoms with van der Waals surface area (Å²) in [5.74, 6) is 0.633. The van der Waals surface area contributed by atoms with Gasteiger partial charge < -0.3 is 29.0 Å². The number of aromatic nitrogens is 2. The molecule has 1 aromatic heterocycles. The third-order valence-electron chi connectivity index (χ3n) is 5.16. The van der Waals surface area contributed by atoms with E-state index in [1.165, 1.54) is 9.80 Å². The van der Waals surface area contributed by atoms with Gasteiger partial charge >= 0.3 is 11.8 Å². The third-order valence-corrected chi connectivity index (χ3v) is 5.16. The van der Waals surface area contributed by atoms with Crippen LogP contribution in [0.2, 0.25) is 0 Å². The Balaban J connectivity index is 1.51. The lowest BCUT2D eigenvalue weighted by Crippen LogP contribution is -2.52. The van der Waals surface area contributed by atoms with Crippen molar-refractivity contribution in [3.63, 3.8) is 0 Å². The minimum atomic E-state index is -0.681. The topological polar surface area (TPSA) is 123 Å². The largest absolute Gasteiger partial charge is 0.454 e. The normalized spacial score (nSPS) is 15.1. The Kier molecular flexibility index (Phi) is 5.65. The van der Waals surface area contributed by atoms with Crippen LogP contribution in [0.15, 0.2) is 34.0 Å². The zero-order valence-corrected chi connectivity index (χ0v) is 17.0. The predicted molar refractivity (Wildman–Crippen MR) is 107 cm³/mol. The van der Waals surface area contributed by atoms with Gasteiger partial charge in [-0.05, 0) is 24.6 Å². The average Bonchev–Trinajstić information content (AvgIpc) is 3.24. The Hall–Kier alpha value is -3.76. The molecule has 11 nitrogen and oxygen atoms in total. The van der Waals surface area contributed by atoms with Gasteiger partial charge in [0.15, 0.2) is 11.5 Å². The van der Waals surface area contributed by atoms with Crippen molar-refractivity contribution in [1.29, 1.82) is 0 Å². The minimum Gasteiger partial charge on any atom is -0.454 e. The van der Waals surface area contributed by atoms with Crippen LogP contribution >= 0.6 is 0 Å². The molecule has 0 unspecified atom stereocenters. The number of aromatic amines is 1. The molecule has 0 aliphatic carbocycles. The highest BCUT2D eigenvalue weighted by Crippen LogP contribution is 2.32. The standard InChI is InChI=1S/C20H22N4O7/c1-2-29-20(28)23-7-5-22(6-8-23)17(25)14-10-21-19(27)24(18(14)26)11-13-3-4-15-16(9-13)31-12-30-15/h3-4,9-10H,2,5-8,11-12H2,1H3,(H,21,27). The van der Waals surface area contributed by atoms with Gasteiger partial charge in [0.05, 0.1) is 13.2 Å². The quantitative estimate of drug-likeness (QED) is 0.736. The minimum absolute atomic E-state index is 0.0252. The number of nitrogens with one attached hydrogen (secondary N) is 1. The van der Waals surface area contributed by atoms with E-state index in [9.17, 15) is 19.2 Å². The number of nitrogens with zero attached hydrogens (tertiary/aromatic N) is 3. The number of hydrogen-bond donors (Lipinski definition) is 1. The fourth-order valence-electron chi connectivity index (χ4n) is 3.51. The molecule has 1 saturated heterocycles. The predicted octanol–water partition coefficient (Wildman–Crippen LogP) is 0.228. The highest BCUT2D eigenvalue weighted by atomic mass is 16.7. The number of carbonyl (C=O) groups is 2. The molecule has 4 rings (SSSR count). The lowest BCUT2D eigenvalue weighted by Gasteiger charge is -2.33. The summed E-state index contributed by atoms with van der Waals surface area (Å²) in [6, 6.07) is 5.12. The van der Waals surface area contributed by atoms with E-state index in [1.54, 1.807) is 25.1 Å². The van der Waals surface area contributed by atoms with Crippen molar-refractivity contribution in [3.05, 3.63) is 56.4 Å². The van der Waals surface area contributed by atoms with Crippen molar-refractivity contribution in [2.75, 3.05) is 39.6 Å². The number of benzene rings is 1. The molecule has 0 saturated carbocycles. The van der Waals surface area contributed by atoms with Crippen LogP contribution in [-0.2, 0) is 11.3 Å². The van der Waals surface area contributed by atoms with Gasteiger partial charge in [-0.2, -0.15) is 0 Å². The van der Waals surface area contributed by atoms with E-state index < -0.39 is 23.2 Å². The Bertz CT molecular complexity index is 1120. The SMILES string of the molecule is CCOC(=O)N1CCN(C(=O)c2c[nH]c(=O)n(Cc3ccc4c(c3)OCO4)c2=O)CC1. The molecule has 0 bridgehead atoms. The van der Waals surface area contributed by atoms with Crippen LogP contribution in [0.25, 0.3) is 0 Å². The fourth-order valence-corrected chi connectivity index (χ4v) is 3.51. The highest BCUT2D eigenvalue weighted by Gasteiger charge is 2.27. The lowest BCUT2D eigenvalue weighted by atomic mass is 10.2. The zero-order chi connectivity index (χ0) is 22.0. The molecule has 2 amide bonds. The van der Waals surface area contributed by atoms with Crippen molar-refractivity contribution in [2.45, 2.75) is 13.5 Å². The summed E-state index contributed by atoms with van der Waals surface area (Å²) in [4.78, 5) is 55.4. The van der Waals surface area contributed by atoms with Crippen LogP contribution in [-0.4, -0.2) is 70.9 Å². The van der Waals surface area contributed by atoms with E-state index >= 15 is 0 Å². The molecule has 3 heterocycles. The molecule has 0 atom stereocenters. The van der Waals surface area contributed by atoms with E-state index in [0.29, 0.717) is 30.2 Å². The second-order valence-electron chi connectivity index (χ2n) is 7.06. The first-order valence-corrected chi connectivity index (χ1v) is 9.90. The average molecular weight is 430 g/mol. The van der Waals surface area contributed by atoms with Gasteiger partial charge in [0.25, 0.3) is 11.5 Å². The van der Waals surface area contributed by atoms with Gasteiger partial charge in [0.2, 0.25) is 6.79 Å². The van der Waals surface area contributed by atoms with Gasteiger partial charge in [-0.3, -0.25) is 14.2 Å². The second-order valence-corrected chi connectivity index (χ2v) is 7.06. The number of amides is 2. The number of ether oxygens (including phenoxy) is 3. The summed E-state index contributed by atoms with van der Waals surface area (Å²) in [5, 5.41) is 0. The molecular formula is C20H22N4O7. The molecule has 1 fully saturated rings. The van der Waals surface area contributed by atoms with Crippen LogP contribution < -0.4 is 20.7 Å². The molecule has 1 aromatic carbocycles. The van der Waals surface area contributed by atoms with E-state index in [4.69, 9.17) is 14.2 Å². The summed E-state index contributed by atoms with van der Waals surface area (Å²) in [6.07, 6.45) is 0.714. The molecule has 1 N–H and O–H groups in total. The number of H-pyrrole nitrogens is 1. The molecule has 2 aromatic rings. The van der Waals surface area contributed by atoms with Crippen LogP contribution in [0, 0.1) is 0 Å². The van der Waals surface area contributed by atoms with Gasteiger partial charge in [-0.1, -0.05) is 6.07 Å². The van der Waals surface area contributed by atoms with Gasteiger partial charge in [0, 0.05) is 32.4 Å².